The monoisotopic (exact) mass is 278 g/mol. The summed E-state index contributed by atoms with van der Waals surface area (Å²) in [5.41, 5.74) is 1.51. The molecule has 2 rings (SSSR count). The highest BCUT2D eigenvalue weighted by Crippen LogP contribution is 2.31. The molecule has 0 amide bonds. The molecule has 0 aliphatic carbocycles. The minimum absolute atomic E-state index is 0.0358. The van der Waals surface area contributed by atoms with Gasteiger partial charge in [-0.05, 0) is 42.3 Å². The summed E-state index contributed by atoms with van der Waals surface area (Å²) in [6.07, 6.45) is -0.565. The Morgan fingerprint density at radius 2 is 2.00 bits per heavy atom. The summed E-state index contributed by atoms with van der Waals surface area (Å²) in [5, 5.41) is 19.0. The van der Waals surface area contributed by atoms with E-state index in [9.17, 15) is 5.11 Å². The smallest absolute Gasteiger partial charge is 0.146 e. The number of aliphatic hydroxyl groups excluding tert-OH is 2. The fourth-order valence-electron chi connectivity index (χ4n) is 1.69. The van der Waals surface area contributed by atoms with Crippen molar-refractivity contribution < 1.29 is 14.9 Å². The van der Waals surface area contributed by atoms with Crippen molar-refractivity contribution in [2.24, 2.45) is 0 Å². The molecule has 0 aliphatic heterocycles. The zero-order valence-corrected chi connectivity index (χ0v) is 11.3. The highest BCUT2D eigenvalue weighted by atomic mass is 35.5. The van der Waals surface area contributed by atoms with E-state index in [2.05, 4.69) is 0 Å². The molecular weight excluding hydrogens is 264 g/mol. The van der Waals surface area contributed by atoms with Crippen LogP contribution in [0.25, 0.3) is 0 Å². The molecule has 2 aromatic rings. The lowest BCUT2D eigenvalue weighted by atomic mass is 10.1. The number of halogens is 1. The molecule has 2 N–H and O–H groups in total. The molecule has 100 valence electrons. The topological polar surface area (TPSA) is 49.7 Å². The molecule has 0 saturated carbocycles. The highest BCUT2D eigenvalue weighted by molar-refractivity contribution is 6.32. The zero-order valence-electron chi connectivity index (χ0n) is 10.5. The molecule has 0 radical (unpaired) electrons. The van der Waals surface area contributed by atoms with Gasteiger partial charge >= 0.3 is 0 Å². The van der Waals surface area contributed by atoms with Gasteiger partial charge in [0.15, 0.2) is 0 Å². The number of rotatable bonds is 4. The van der Waals surface area contributed by atoms with Crippen LogP contribution in [0.15, 0.2) is 42.5 Å². The van der Waals surface area contributed by atoms with Crippen molar-refractivity contribution in [2.75, 3.05) is 0 Å². The summed E-state index contributed by atoms with van der Waals surface area (Å²) in [7, 11) is 0. The van der Waals surface area contributed by atoms with Crippen LogP contribution in [0.5, 0.6) is 11.5 Å². The Morgan fingerprint density at radius 1 is 1.21 bits per heavy atom. The van der Waals surface area contributed by atoms with E-state index < -0.39 is 6.10 Å². The molecule has 0 heterocycles. The third kappa shape index (κ3) is 3.47. The van der Waals surface area contributed by atoms with E-state index in [0.717, 1.165) is 11.1 Å². The molecule has 0 aromatic heterocycles. The summed E-state index contributed by atoms with van der Waals surface area (Å²) in [4.78, 5) is 0. The van der Waals surface area contributed by atoms with E-state index in [1.807, 2.05) is 6.07 Å². The van der Waals surface area contributed by atoms with Crippen molar-refractivity contribution in [2.45, 2.75) is 19.6 Å². The van der Waals surface area contributed by atoms with Gasteiger partial charge in [-0.3, -0.25) is 0 Å². The Labute approximate surface area is 117 Å². The molecule has 19 heavy (non-hydrogen) atoms. The lowest BCUT2D eigenvalue weighted by Crippen LogP contribution is -1.92. The Balaban J connectivity index is 2.23. The first-order chi connectivity index (χ1) is 9.10. The Hall–Kier alpha value is -1.55. The van der Waals surface area contributed by atoms with E-state index in [0.29, 0.717) is 16.5 Å². The molecule has 0 saturated heterocycles. The van der Waals surface area contributed by atoms with Crippen LogP contribution in [0.1, 0.15) is 24.2 Å². The first-order valence-corrected chi connectivity index (χ1v) is 6.33. The summed E-state index contributed by atoms with van der Waals surface area (Å²) in [6.45, 7) is 1.64. The number of hydrogen-bond acceptors (Lipinski definition) is 3. The van der Waals surface area contributed by atoms with Crippen molar-refractivity contribution in [1.82, 2.24) is 0 Å². The van der Waals surface area contributed by atoms with E-state index in [1.165, 1.54) is 0 Å². The first-order valence-electron chi connectivity index (χ1n) is 5.95. The molecule has 2 aromatic carbocycles. The van der Waals surface area contributed by atoms with Crippen molar-refractivity contribution in [3.8, 4) is 11.5 Å². The first kappa shape index (κ1) is 13.9. The maximum Gasteiger partial charge on any atom is 0.146 e. The number of ether oxygens (including phenoxy) is 1. The third-order valence-corrected chi connectivity index (χ3v) is 3.04. The van der Waals surface area contributed by atoms with E-state index in [4.69, 9.17) is 21.4 Å². The largest absolute Gasteiger partial charge is 0.456 e. The molecular formula is C15H15ClO3. The van der Waals surface area contributed by atoms with Crippen LogP contribution < -0.4 is 4.74 Å². The van der Waals surface area contributed by atoms with E-state index >= 15 is 0 Å². The standard InChI is InChI=1S/C15H15ClO3/c1-10(18)12-5-6-15(14(16)8-12)19-13-4-2-3-11(7-13)9-17/h2-8,10,17-18H,9H2,1H3/t10-/m1/s1. The SMILES string of the molecule is C[C@@H](O)c1ccc(Oc2cccc(CO)c2)c(Cl)c1. The fraction of sp³-hybridized carbons (Fsp3) is 0.200. The van der Waals surface area contributed by atoms with Gasteiger partial charge in [0.05, 0.1) is 17.7 Å². The lowest BCUT2D eigenvalue weighted by Gasteiger charge is -2.11. The van der Waals surface area contributed by atoms with Gasteiger partial charge in [-0.1, -0.05) is 29.8 Å². The average molecular weight is 279 g/mol. The van der Waals surface area contributed by atoms with Gasteiger partial charge in [0.2, 0.25) is 0 Å². The van der Waals surface area contributed by atoms with E-state index in [1.54, 1.807) is 43.3 Å². The average Bonchev–Trinajstić information content (AvgIpc) is 2.41. The highest BCUT2D eigenvalue weighted by Gasteiger charge is 2.07. The molecule has 0 bridgehead atoms. The Bertz CT molecular complexity index is 567. The third-order valence-electron chi connectivity index (χ3n) is 2.75. The van der Waals surface area contributed by atoms with Crippen LogP contribution in [0.3, 0.4) is 0 Å². The normalized spacial score (nSPS) is 12.2. The quantitative estimate of drug-likeness (QED) is 0.897. The van der Waals surface area contributed by atoms with Gasteiger partial charge < -0.3 is 14.9 Å². The van der Waals surface area contributed by atoms with Gasteiger partial charge in [0.25, 0.3) is 0 Å². The van der Waals surface area contributed by atoms with Crippen molar-refractivity contribution >= 4 is 11.6 Å². The molecule has 4 heteroatoms. The predicted octanol–water partition coefficient (Wildman–Crippen LogP) is 3.68. The summed E-state index contributed by atoms with van der Waals surface area (Å²) < 4.78 is 5.66. The Kier molecular flexibility index (Phi) is 4.43. The molecule has 3 nitrogen and oxygen atoms in total. The van der Waals surface area contributed by atoms with Gasteiger partial charge in [0, 0.05) is 0 Å². The molecule has 0 unspecified atom stereocenters. The van der Waals surface area contributed by atoms with Crippen LogP contribution in [0.4, 0.5) is 0 Å². The predicted molar refractivity (Wildman–Crippen MR) is 74.5 cm³/mol. The maximum absolute atomic E-state index is 9.47. The van der Waals surface area contributed by atoms with Gasteiger partial charge in [-0.2, -0.15) is 0 Å². The van der Waals surface area contributed by atoms with Gasteiger partial charge in [-0.25, -0.2) is 0 Å². The number of benzene rings is 2. The summed E-state index contributed by atoms with van der Waals surface area (Å²) in [6, 6.07) is 12.3. The van der Waals surface area contributed by atoms with E-state index in [-0.39, 0.29) is 6.61 Å². The maximum atomic E-state index is 9.47. The van der Waals surface area contributed by atoms with Gasteiger partial charge in [-0.15, -0.1) is 0 Å². The van der Waals surface area contributed by atoms with Crippen molar-refractivity contribution in [1.29, 1.82) is 0 Å². The van der Waals surface area contributed by atoms with Gasteiger partial charge in [0.1, 0.15) is 11.5 Å². The minimum Gasteiger partial charge on any atom is -0.456 e. The summed E-state index contributed by atoms with van der Waals surface area (Å²) in [5.74, 6) is 1.12. The van der Waals surface area contributed by atoms with Crippen LogP contribution >= 0.6 is 11.6 Å². The van der Waals surface area contributed by atoms with Crippen molar-refractivity contribution in [3.63, 3.8) is 0 Å². The number of hydrogen-bond donors (Lipinski definition) is 2. The van der Waals surface area contributed by atoms with Crippen LogP contribution in [-0.4, -0.2) is 10.2 Å². The lowest BCUT2D eigenvalue weighted by molar-refractivity contribution is 0.199. The molecule has 0 aliphatic rings. The summed E-state index contributed by atoms with van der Waals surface area (Å²) >= 11 is 6.11. The van der Waals surface area contributed by atoms with Crippen LogP contribution in [0, 0.1) is 0 Å². The second-order valence-electron chi connectivity index (χ2n) is 4.27. The molecule has 0 spiro atoms. The second kappa shape index (κ2) is 6.06. The van der Waals surface area contributed by atoms with Crippen LogP contribution in [0.2, 0.25) is 5.02 Å². The Morgan fingerprint density at radius 3 is 2.63 bits per heavy atom. The fourth-order valence-corrected chi connectivity index (χ4v) is 1.92. The van der Waals surface area contributed by atoms with Crippen LogP contribution in [-0.2, 0) is 6.61 Å². The second-order valence-corrected chi connectivity index (χ2v) is 4.68. The number of aliphatic hydroxyl groups is 2. The molecule has 1 atom stereocenters. The minimum atomic E-state index is -0.565. The van der Waals surface area contributed by atoms with Crippen molar-refractivity contribution in [3.05, 3.63) is 58.6 Å². The molecule has 0 fully saturated rings. The zero-order chi connectivity index (χ0) is 13.8.